The van der Waals surface area contributed by atoms with Crippen LogP contribution in [-0.4, -0.2) is 47.3 Å². The smallest absolute Gasteiger partial charge is 0.271 e. The first-order valence-corrected chi connectivity index (χ1v) is 8.75. The van der Waals surface area contributed by atoms with Crippen molar-refractivity contribution in [1.82, 2.24) is 34.8 Å². The largest absolute Gasteiger partial charge is 0.330 e. The maximum absolute atomic E-state index is 13.1. The van der Waals surface area contributed by atoms with Crippen molar-refractivity contribution in [2.24, 2.45) is 7.05 Å². The average Bonchev–Trinajstić information content (AvgIpc) is 3.30. The van der Waals surface area contributed by atoms with Gasteiger partial charge in [-0.05, 0) is 36.2 Å². The van der Waals surface area contributed by atoms with Gasteiger partial charge in [-0.25, -0.2) is 4.98 Å². The normalized spacial score (nSPS) is 16.5. The molecule has 1 atom stereocenters. The predicted octanol–water partition coefficient (Wildman–Crippen LogP) is 2.34. The van der Waals surface area contributed by atoms with Gasteiger partial charge in [0.2, 0.25) is 0 Å². The average molecular weight is 359 g/mol. The maximum atomic E-state index is 13.1. The van der Waals surface area contributed by atoms with Crippen LogP contribution in [0.1, 0.15) is 28.5 Å². The van der Waals surface area contributed by atoms with E-state index in [1.165, 1.54) is 0 Å². The Kier molecular flexibility index (Phi) is 3.49. The first-order chi connectivity index (χ1) is 13.2. The van der Waals surface area contributed by atoms with Crippen molar-refractivity contribution in [2.75, 3.05) is 6.54 Å². The van der Waals surface area contributed by atoms with Gasteiger partial charge in [0.1, 0.15) is 11.3 Å². The van der Waals surface area contributed by atoms with Gasteiger partial charge in [0.25, 0.3) is 5.91 Å². The molecule has 1 aliphatic rings. The number of aryl methyl sites for hydroxylation is 1. The van der Waals surface area contributed by atoms with Crippen molar-refractivity contribution >= 4 is 16.9 Å². The van der Waals surface area contributed by atoms with Crippen molar-refractivity contribution in [3.63, 3.8) is 0 Å². The highest BCUT2D eigenvalue weighted by atomic mass is 16.2. The molecule has 0 aromatic carbocycles. The van der Waals surface area contributed by atoms with E-state index in [4.69, 9.17) is 4.98 Å². The number of aromatic nitrogens is 6. The third kappa shape index (κ3) is 2.49. The molecule has 1 aliphatic heterocycles. The van der Waals surface area contributed by atoms with Gasteiger partial charge in [-0.2, -0.15) is 15.3 Å². The van der Waals surface area contributed by atoms with Crippen LogP contribution < -0.4 is 0 Å². The van der Waals surface area contributed by atoms with Crippen LogP contribution in [0.5, 0.6) is 0 Å². The van der Waals surface area contributed by atoms with E-state index < -0.39 is 0 Å². The fraction of sp³-hybridized carbons (Fsp3) is 0.211. The molecule has 4 aromatic rings. The third-order valence-corrected chi connectivity index (χ3v) is 5.16. The summed E-state index contributed by atoms with van der Waals surface area (Å²) in [6.45, 7) is 0.737. The molecule has 0 spiro atoms. The zero-order chi connectivity index (χ0) is 18.4. The van der Waals surface area contributed by atoms with E-state index >= 15 is 0 Å². The Labute approximate surface area is 154 Å². The lowest BCUT2D eigenvalue weighted by molar-refractivity contribution is 0.0450. The molecule has 1 saturated heterocycles. The minimum absolute atomic E-state index is 0.00780. The van der Waals surface area contributed by atoms with Crippen molar-refractivity contribution in [3.8, 4) is 11.3 Å². The van der Waals surface area contributed by atoms with Gasteiger partial charge >= 0.3 is 0 Å². The molecule has 134 valence electrons. The summed E-state index contributed by atoms with van der Waals surface area (Å²) in [5.41, 5.74) is 4.16. The van der Waals surface area contributed by atoms with Crippen LogP contribution in [0.3, 0.4) is 0 Å². The molecule has 5 rings (SSSR count). The highest BCUT2D eigenvalue weighted by molar-refractivity contribution is 5.98. The number of H-pyrrole nitrogens is 1. The predicted molar refractivity (Wildman–Crippen MR) is 98.7 cm³/mol. The molecule has 27 heavy (non-hydrogen) atoms. The van der Waals surface area contributed by atoms with Crippen molar-refractivity contribution in [1.29, 1.82) is 0 Å². The van der Waals surface area contributed by atoms with Crippen LogP contribution in [-0.2, 0) is 7.05 Å². The highest BCUT2D eigenvalue weighted by Crippen LogP contribution is 2.34. The van der Waals surface area contributed by atoms with Crippen LogP contribution in [0.15, 0.2) is 49.1 Å². The molecule has 4 aromatic heterocycles. The van der Waals surface area contributed by atoms with Crippen molar-refractivity contribution in [2.45, 2.75) is 12.5 Å². The first-order valence-electron chi connectivity index (χ1n) is 8.75. The Morgan fingerprint density at radius 3 is 2.85 bits per heavy atom. The summed E-state index contributed by atoms with van der Waals surface area (Å²) in [5, 5.41) is 15.5. The van der Waals surface area contributed by atoms with Crippen molar-refractivity contribution < 1.29 is 4.79 Å². The highest BCUT2D eigenvalue weighted by Gasteiger charge is 2.35. The van der Waals surface area contributed by atoms with Gasteiger partial charge < -0.3 is 9.47 Å². The lowest BCUT2D eigenvalue weighted by Crippen LogP contribution is -2.45. The lowest BCUT2D eigenvalue weighted by atomic mass is 9.96. The number of amides is 1. The van der Waals surface area contributed by atoms with E-state index in [1.807, 2.05) is 40.8 Å². The molecule has 1 N–H and O–H groups in total. The topological polar surface area (TPSA) is 92.6 Å². The van der Waals surface area contributed by atoms with Crippen molar-refractivity contribution in [3.05, 3.63) is 60.3 Å². The Hall–Kier alpha value is -3.55. The number of fused-ring (bicyclic) bond motifs is 1. The number of carbonyl (C=O) groups is 1. The summed E-state index contributed by atoms with van der Waals surface area (Å²) in [4.78, 5) is 19.7. The minimum Gasteiger partial charge on any atom is -0.330 e. The molecule has 0 radical (unpaired) electrons. The molecule has 5 heterocycles. The van der Waals surface area contributed by atoms with E-state index in [2.05, 4.69) is 20.4 Å². The summed E-state index contributed by atoms with van der Waals surface area (Å²) in [6, 6.07) is 7.81. The number of hydrogen-bond acceptors (Lipinski definition) is 5. The van der Waals surface area contributed by atoms with E-state index in [1.54, 1.807) is 24.8 Å². The zero-order valence-electron chi connectivity index (χ0n) is 14.7. The molecule has 8 heteroatoms. The molecular formula is C19H17N7O. The van der Waals surface area contributed by atoms with Gasteiger partial charge in [-0.1, -0.05) is 0 Å². The summed E-state index contributed by atoms with van der Waals surface area (Å²) >= 11 is 0. The van der Waals surface area contributed by atoms with Gasteiger partial charge in [-0.15, -0.1) is 0 Å². The number of pyridine rings is 1. The summed E-state index contributed by atoms with van der Waals surface area (Å²) in [6.07, 6.45) is 7.86. The number of rotatable bonds is 3. The van der Waals surface area contributed by atoms with Crippen LogP contribution in [0.25, 0.3) is 22.3 Å². The molecular weight excluding hydrogens is 342 g/mol. The zero-order valence-corrected chi connectivity index (χ0v) is 14.7. The number of hydrogen-bond donors (Lipinski definition) is 1. The number of carbonyl (C=O) groups excluding carboxylic acids is 1. The second-order valence-electron chi connectivity index (χ2n) is 6.66. The molecule has 8 nitrogen and oxygen atoms in total. The van der Waals surface area contributed by atoms with E-state index in [0.29, 0.717) is 5.69 Å². The Morgan fingerprint density at radius 2 is 2.15 bits per heavy atom. The fourth-order valence-corrected chi connectivity index (χ4v) is 3.58. The van der Waals surface area contributed by atoms with Gasteiger partial charge in [0, 0.05) is 36.9 Å². The Balaban J connectivity index is 1.49. The monoisotopic (exact) mass is 359 g/mol. The number of nitrogens with one attached hydrogen (secondary N) is 1. The van der Waals surface area contributed by atoms with E-state index in [0.717, 1.165) is 40.8 Å². The second kappa shape index (κ2) is 6.01. The molecule has 1 amide bonds. The summed E-state index contributed by atoms with van der Waals surface area (Å²) in [7, 11) is 1.88. The fourth-order valence-electron chi connectivity index (χ4n) is 3.58. The molecule has 0 aliphatic carbocycles. The van der Waals surface area contributed by atoms with Gasteiger partial charge in [0.05, 0.1) is 24.1 Å². The minimum atomic E-state index is 0.00780. The quantitative estimate of drug-likeness (QED) is 0.606. The van der Waals surface area contributed by atoms with Gasteiger partial charge in [0.15, 0.2) is 0 Å². The van der Waals surface area contributed by atoms with Crippen LogP contribution in [0, 0.1) is 0 Å². The summed E-state index contributed by atoms with van der Waals surface area (Å²) in [5.74, 6) is 0.00780. The lowest BCUT2D eigenvalue weighted by Gasteiger charge is -2.41. The molecule has 1 fully saturated rings. The Bertz CT molecular complexity index is 1120. The number of aromatic amines is 1. The number of likely N-dealkylation sites (tertiary alicyclic amines) is 1. The van der Waals surface area contributed by atoms with Crippen LogP contribution in [0.2, 0.25) is 0 Å². The molecule has 0 bridgehead atoms. The molecule has 0 unspecified atom stereocenters. The van der Waals surface area contributed by atoms with E-state index in [9.17, 15) is 4.79 Å². The molecule has 0 saturated carbocycles. The number of nitrogens with zero attached hydrogens (tertiary/aromatic N) is 6. The SMILES string of the molecule is Cn1c(C(=O)N2CC[C@@H]2c2ccnnc2)cc2ccc(-c3cn[nH]c3)nc21. The van der Waals surface area contributed by atoms with Crippen LogP contribution in [0.4, 0.5) is 0 Å². The standard InChI is InChI=1S/C19H17N7O/c1-25-17(19(27)26-7-5-16(26)13-4-6-20-21-9-13)8-12-2-3-15(24-18(12)25)14-10-22-23-11-14/h2-4,6,8-11,16H,5,7H2,1H3,(H,22,23)/t16-/m1/s1. The first kappa shape index (κ1) is 15.7. The van der Waals surface area contributed by atoms with Gasteiger partial charge in [-0.3, -0.25) is 9.89 Å². The third-order valence-electron chi connectivity index (χ3n) is 5.16. The second-order valence-corrected chi connectivity index (χ2v) is 6.66. The maximum Gasteiger partial charge on any atom is 0.271 e. The van der Waals surface area contributed by atoms with E-state index in [-0.39, 0.29) is 11.9 Å². The Morgan fingerprint density at radius 1 is 1.22 bits per heavy atom. The van der Waals surface area contributed by atoms with Crippen LogP contribution >= 0.6 is 0 Å². The summed E-state index contributed by atoms with van der Waals surface area (Å²) < 4.78 is 1.86.